The van der Waals surface area contributed by atoms with E-state index in [2.05, 4.69) is 26.2 Å². The molecule has 0 spiro atoms. The van der Waals surface area contributed by atoms with E-state index >= 15 is 0 Å². The zero-order valence-electron chi connectivity index (χ0n) is 6.64. The Labute approximate surface area is 87.5 Å². The number of nitrogens with zero attached hydrogens (tertiary/aromatic N) is 3. The molecule has 0 saturated carbocycles. The number of hydrogen-bond acceptors (Lipinski definition) is 4. The van der Waals surface area contributed by atoms with E-state index in [1.165, 1.54) is 4.88 Å². The van der Waals surface area contributed by atoms with Crippen molar-refractivity contribution >= 4 is 33.1 Å². The lowest BCUT2D eigenvalue weighted by atomic mass is 10.5. The predicted octanol–water partition coefficient (Wildman–Crippen LogP) is 1.73. The smallest absolute Gasteiger partial charge is 0.165 e. The molecule has 2 aromatic heterocycles. The first kappa shape index (κ1) is 8.71. The van der Waals surface area contributed by atoms with Crippen LogP contribution in [-0.2, 0) is 6.54 Å². The zero-order valence-corrected chi connectivity index (χ0v) is 9.05. The Morgan fingerprint density at radius 2 is 2.46 bits per heavy atom. The lowest BCUT2D eigenvalue weighted by molar-refractivity contribution is 0.655. The fourth-order valence-corrected chi connectivity index (χ4v) is 2.44. The van der Waals surface area contributed by atoms with Crippen LogP contribution in [0.5, 0.6) is 0 Å². The molecule has 0 bridgehead atoms. The molecule has 6 heteroatoms. The van der Waals surface area contributed by atoms with Crippen molar-refractivity contribution in [3.8, 4) is 0 Å². The molecule has 0 unspecified atom stereocenters. The third kappa shape index (κ3) is 1.89. The summed E-state index contributed by atoms with van der Waals surface area (Å²) >= 11 is 5.13. The molecule has 0 aliphatic heterocycles. The van der Waals surface area contributed by atoms with Gasteiger partial charge in [-0.25, -0.2) is 4.68 Å². The summed E-state index contributed by atoms with van der Waals surface area (Å²) in [5.41, 5.74) is 5.44. The van der Waals surface area contributed by atoms with Crippen LogP contribution in [0.2, 0.25) is 0 Å². The summed E-state index contributed by atoms with van der Waals surface area (Å²) in [5.74, 6) is 0.452. The van der Waals surface area contributed by atoms with E-state index in [0.29, 0.717) is 12.4 Å². The first-order valence-corrected chi connectivity index (χ1v) is 5.30. The lowest BCUT2D eigenvalue weighted by Crippen LogP contribution is -1.98. The third-order valence-corrected chi connectivity index (χ3v) is 3.46. The van der Waals surface area contributed by atoms with Crippen LogP contribution in [0, 0.1) is 0 Å². The number of anilines is 1. The second-order valence-electron chi connectivity index (χ2n) is 2.53. The highest BCUT2D eigenvalue weighted by atomic mass is 79.9. The highest BCUT2D eigenvalue weighted by Crippen LogP contribution is 2.23. The largest absolute Gasteiger partial charge is 0.381 e. The summed E-state index contributed by atoms with van der Waals surface area (Å²) < 4.78 is 2.82. The predicted molar refractivity (Wildman–Crippen MR) is 55.6 cm³/mol. The van der Waals surface area contributed by atoms with Crippen LogP contribution in [0.1, 0.15) is 4.88 Å². The molecule has 0 aliphatic carbocycles. The standard InChI is InChI=1S/C7H7BrN4S/c8-5-1-2-13-6(5)3-12-4-7(9)10-11-12/h1-2,4H,3,9H2. The van der Waals surface area contributed by atoms with Gasteiger partial charge in [0.1, 0.15) is 0 Å². The number of nitrogens with two attached hydrogens (primary N) is 1. The van der Waals surface area contributed by atoms with Crippen LogP contribution in [0.25, 0.3) is 0 Å². The fourth-order valence-electron chi connectivity index (χ4n) is 0.976. The van der Waals surface area contributed by atoms with Gasteiger partial charge in [0, 0.05) is 9.35 Å². The van der Waals surface area contributed by atoms with E-state index in [9.17, 15) is 0 Å². The quantitative estimate of drug-likeness (QED) is 0.893. The Balaban J connectivity index is 2.19. The summed E-state index contributed by atoms with van der Waals surface area (Å²) in [6.07, 6.45) is 1.71. The Morgan fingerprint density at radius 3 is 3.00 bits per heavy atom. The Bertz CT molecular complexity index is 408. The van der Waals surface area contributed by atoms with Gasteiger partial charge in [0.15, 0.2) is 5.82 Å². The van der Waals surface area contributed by atoms with Gasteiger partial charge in [-0.15, -0.1) is 16.4 Å². The van der Waals surface area contributed by atoms with E-state index in [-0.39, 0.29) is 0 Å². The molecule has 0 radical (unpaired) electrons. The molecule has 68 valence electrons. The van der Waals surface area contributed by atoms with Crippen LogP contribution in [0.15, 0.2) is 22.1 Å². The number of hydrogen-bond donors (Lipinski definition) is 1. The van der Waals surface area contributed by atoms with Gasteiger partial charge in [0.25, 0.3) is 0 Å². The number of aromatic nitrogens is 3. The highest BCUT2D eigenvalue weighted by molar-refractivity contribution is 9.10. The van der Waals surface area contributed by atoms with Crippen molar-refractivity contribution < 1.29 is 0 Å². The molecule has 0 aliphatic rings. The third-order valence-electron chi connectivity index (χ3n) is 1.55. The average molecular weight is 259 g/mol. The fraction of sp³-hybridized carbons (Fsp3) is 0.143. The number of rotatable bonds is 2. The Hall–Kier alpha value is -0.880. The van der Waals surface area contributed by atoms with Crippen LogP contribution < -0.4 is 5.73 Å². The van der Waals surface area contributed by atoms with Gasteiger partial charge in [-0.05, 0) is 27.4 Å². The van der Waals surface area contributed by atoms with Crippen LogP contribution in [0.3, 0.4) is 0 Å². The molecule has 0 fully saturated rings. The number of nitrogen functional groups attached to an aromatic ring is 1. The summed E-state index contributed by atoms with van der Waals surface area (Å²) in [6.45, 7) is 0.711. The summed E-state index contributed by atoms with van der Waals surface area (Å²) in [5, 5.41) is 9.59. The van der Waals surface area contributed by atoms with Crippen molar-refractivity contribution in [3.05, 3.63) is 27.0 Å². The van der Waals surface area contributed by atoms with E-state index in [1.807, 2.05) is 11.4 Å². The van der Waals surface area contributed by atoms with Gasteiger partial charge in [-0.3, -0.25) is 0 Å². The van der Waals surface area contributed by atoms with Gasteiger partial charge in [0.05, 0.1) is 12.7 Å². The molecule has 0 saturated heterocycles. The highest BCUT2D eigenvalue weighted by Gasteiger charge is 2.03. The Kier molecular flexibility index (Phi) is 2.32. The maximum absolute atomic E-state index is 5.44. The normalized spacial score (nSPS) is 10.5. The number of halogens is 1. The molecule has 2 N–H and O–H groups in total. The van der Waals surface area contributed by atoms with E-state index < -0.39 is 0 Å². The second kappa shape index (κ2) is 3.47. The first-order valence-electron chi connectivity index (χ1n) is 3.63. The molecular formula is C7H7BrN4S. The van der Waals surface area contributed by atoms with Crippen LogP contribution in [-0.4, -0.2) is 15.0 Å². The summed E-state index contributed by atoms with van der Waals surface area (Å²) in [4.78, 5) is 1.21. The van der Waals surface area contributed by atoms with E-state index in [4.69, 9.17) is 5.73 Å². The van der Waals surface area contributed by atoms with Gasteiger partial charge in [-0.2, -0.15) is 0 Å². The van der Waals surface area contributed by atoms with Crippen molar-refractivity contribution in [1.29, 1.82) is 0 Å². The van der Waals surface area contributed by atoms with Gasteiger partial charge in [0.2, 0.25) is 0 Å². The van der Waals surface area contributed by atoms with Crippen LogP contribution in [0.4, 0.5) is 5.82 Å². The SMILES string of the molecule is Nc1cn(Cc2sccc2Br)nn1. The average Bonchev–Trinajstić information content (AvgIpc) is 2.64. The second-order valence-corrected chi connectivity index (χ2v) is 4.39. The van der Waals surface area contributed by atoms with Gasteiger partial charge in [-0.1, -0.05) is 5.21 Å². The minimum Gasteiger partial charge on any atom is -0.381 e. The first-order chi connectivity index (χ1) is 6.25. The molecule has 2 heterocycles. The topological polar surface area (TPSA) is 56.7 Å². The monoisotopic (exact) mass is 258 g/mol. The molecule has 0 amide bonds. The van der Waals surface area contributed by atoms with Crippen molar-refractivity contribution in [2.45, 2.75) is 6.54 Å². The molecule has 2 aromatic rings. The Morgan fingerprint density at radius 1 is 1.62 bits per heavy atom. The maximum Gasteiger partial charge on any atom is 0.165 e. The minimum absolute atomic E-state index is 0.452. The molecule has 13 heavy (non-hydrogen) atoms. The van der Waals surface area contributed by atoms with Crippen molar-refractivity contribution in [2.24, 2.45) is 0 Å². The minimum atomic E-state index is 0.452. The van der Waals surface area contributed by atoms with Crippen LogP contribution >= 0.6 is 27.3 Å². The summed E-state index contributed by atoms with van der Waals surface area (Å²) in [6, 6.07) is 2.01. The van der Waals surface area contributed by atoms with Gasteiger partial charge < -0.3 is 5.73 Å². The van der Waals surface area contributed by atoms with Gasteiger partial charge >= 0.3 is 0 Å². The van der Waals surface area contributed by atoms with Crippen molar-refractivity contribution in [3.63, 3.8) is 0 Å². The zero-order chi connectivity index (χ0) is 9.26. The molecule has 0 aromatic carbocycles. The molecule has 2 rings (SSSR count). The lowest BCUT2D eigenvalue weighted by Gasteiger charge is -1.96. The molecule has 0 atom stereocenters. The number of thiophene rings is 1. The van der Waals surface area contributed by atoms with Crippen molar-refractivity contribution in [2.75, 3.05) is 5.73 Å². The maximum atomic E-state index is 5.44. The van der Waals surface area contributed by atoms with Crippen molar-refractivity contribution in [1.82, 2.24) is 15.0 Å². The molecule has 4 nitrogen and oxygen atoms in total. The summed E-state index contributed by atoms with van der Waals surface area (Å²) in [7, 11) is 0. The molecular weight excluding hydrogens is 252 g/mol. The van der Waals surface area contributed by atoms with E-state index in [0.717, 1.165) is 4.47 Å². The van der Waals surface area contributed by atoms with E-state index in [1.54, 1.807) is 22.2 Å².